The number of ether oxygens (including phenoxy) is 1. The molecule has 0 aliphatic rings. The van der Waals surface area contributed by atoms with E-state index in [0.29, 0.717) is 0 Å². The molecule has 1 aromatic heterocycles. The number of rotatable bonds is 5. The van der Waals surface area contributed by atoms with E-state index in [1.807, 2.05) is 37.4 Å². The van der Waals surface area contributed by atoms with Gasteiger partial charge >= 0.3 is 0 Å². The van der Waals surface area contributed by atoms with Crippen LogP contribution in [0.15, 0.2) is 35.8 Å². The van der Waals surface area contributed by atoms with Gasteiger partial charge in [-0.1, -0.05) is 18.2 Å². The first-order valence-electron chi connectivity index (χ1n) is 5.63. The first-order chi connectivity index (χ1) is 8.25. The molecule has 1 heterocycles. The van der Waals surface area contributed by atoms with Crippen molar-refractivity contribution in [2.45, 2.75) is 26.5 Å². The number of benzene rings is 1. The molecule has 4 heteroatoms. The highest BCUT2D eigenvalue weighted by molar-refractivity contribution is 7.13. The predicted octanol–water partition coefficient (Wildman–Crippen LogP) is 3.54. The topological polar surface area (TPSA) is 34.1 Å². The largest absolute Gasteiger partial charge is 0.491 e. The summed E-state index contributed by atoms with van der Waals surface area (Å²) in [6.45, 7) is 4.80. The first-order valence-corrected chi connectivity index (χ1v) is 6.51. The van der Waals surface area contributed by atoms with Crippen LogP contribution in [0.4, 0.5) is 5.13 Å². The van der Waals surface area contributed by atoms with E-state index in [4.69, 9.17) is 4.74 Å². The Morgan fingerprint density at radius 2 is 2.18 bits per heavy atom. The quantitative estimate of drug-likeness (QED) is 0.878. The summed E-state index contributed by atoms with van der Waals surface area (Å²) in [6, 6.07) is 8.08. The Labute approximate surface area is 105 Å². The summed E-state index contributed by atoms with van der Waals surface area (Å²) in [5, 5.41) is 6.17. The van der Waals surface area contributed by atoms with E-state index in [0.717, 1.165) is 23.0 Å². The summed E-state index contributed by atoms with van der Waals surface area (Å²) < 4.78 is 5.76. The van der Waals surface area contributed by atoms with Crippen LogP contribution in [0.3, 0.4) is 0 Å². The van der Waals surface area contributed by atoms with Gasteiger partial charge in [0.05, 0.1) is 6.10 Å². The van der Waals surface area contributed by atoms with Gasteiger partial charge in [-0.2, -0.15) is 0 Å². The lowest BCUT2D eigenvalue weighted by Gasteiger charge is -2.14. The lowest BCUT2D eigenvalue weighted by Crippen LogP contribution is -2.09. The molecule has 0 atom stereocenters. The van der Waals surface area contributed by atoms with Gasteiger partial charge in [0, 0.05) is 23.7 Å². The molecule has 0 fully saturated rings. The number of nitrogens with zero attached hydrogens (tertiary/aromatic N) is 1. The van der Waals surface area contributed by atoms with Crippen molar-refractivity contribution >= 4 is 16.5 Å². The maximum absolute atomic E-state index is 5.76. The lowest BCUT2D eigenvalue weighted by atomic mass is 10.2. The molecule has 0 saturated heterocycles. The van der Waals surface area contributed by atoms with Gasteiger partial charge in [0.25, 0.3) is 0 Å². The molecule has 0 aliphatic carbocycles. The van der Waals surface area contributed by atoms with Crippen LogP contribution < -0.4 is 10.1 Å². The van der Waals surface area contributed by atoms with Crippen molar-refractivity contribution in [1.82, 2.24) is 4.98 Å². The Morgan fingerprint density at radius 3 is 2.88 bits per heavy atom. The van der Waals surface area contributed by atoms with E-state index in [9.17, 15) is 0 Å². The zero-order valence-corrected chi connectivity index (χ0v) is 10.8. The summed E-state index contributed by atoms with van der Waals surface area (Å²) in [7, 11) is 0. The highest BCUT2D eigenvalue weighted by Gasteiger charge is 2.05. The average molecular weight is 248 g/mol. The Kier molecular flexibility index (Phi) is 3.98. The van der Waals surface area contributed by atoms with Gasteiger partial charge < -0.3 is 10.1 Å². The average Bonchev–Trinajstić information content (AvgIpc) is 2.80. The second kappa shape index (κ2) is 5.68. The fourth-order valence-corrected chi connectivity index (χ4v) is 2.03. The smallest absolute Gasteiger partial charge is 0.182 e. The molecular weight excluding hydrogens is 232 g/mol. The van der Waals surface area contributed by atoms with Gasteiger partial charge in [0.2, 0.25) is 0 Å². The molecule has 0 amide bonds. The molecule has 0 bridgehead atoms. The number of aromatic nitrogens is 1. The van der Waals surface area contributed by atoms with Crippen LogP contribution in [-0.4, -0.2) is 11.1 Å². The minimum absolute atomic E-state index is 0.191. The Bertz CT molecular complexity index is 454. The number of hydrogen-bond acceptors (Lipinski definition) is 4. The zero-order valence-electron chi connectivity index (χ0n) is 10.0. The van der Waals surface area contributed by atoms with E-state index in [1.54, 1.807) is 17.5 Å². The number of anilines is 1. The van der Waals surface area contributed by atoms with Crippen molar-refractivity contribution in [3.8, 4) is 5.75 Å². The summed E-state index contributed by atoms with van der Waals surface area (Å²) in [4.78, 5) is 4.19. The van der Waals surface area contributed by atoms with Crippen LogP contribution in [0.5, 0.6) is 5.75 Å². The van der Waals surface area contributed by atoms with Crippen LogP contribution in [-0.2, 0) is 6.54 Å². The first kappa shape index (κ1) is 11.9. The van der Waals surface area contributed by atoms with Gasteiger partial charge in [-0.25, -0.2) is 4.98 Å². The van der Waals surface area contributed by atoms with Crippen molar-refractivity contribution in [2.24, 2.45) is 0 Å². The maximum Gasteiger partial charge on any atom is 0.182 e. The molecular formula is C13H16N2OS. The highest BCUT2D eigenvalue weighted by Crippen LogP contribution is 2.21. The molecule has 1 N–H and O–H groups in total. The van der Waals surface area contributed by atoms with Crippen molar-refractivity contribution in [1.29, 1.82) is 0 Å². The van der Waals surface area contributed by atoms with E-state index in [2.05, 4.69) is 16.4 Å². The van der Waals surface area contributed by atoms with Crippen LogP contribution in [0.1, 0.15) is 19.4 Å². The molecule has 0 saturated carbocycles. The number of thiazole rings is 1. The Hall–Kier alpha value is -1.55. The molecule has 0 radical (unpaired) electrons. The van der Waals surface area contributed by atoms with Crippen LogP contribution >= 0.6 is 11.3 Å². The number of nitrogens with one attached hydrogen (secondary N) is 1. The summed E-state index contributed by atoms with van der Waals surface area (Å²) in [5.74, 6) is 0.937. The molecule has 1 aromatic carbocycles. The van der Waals surface area contributed by atoms with Crippen LogP contribution in [0, 0.1) is 0 Å². The zero-order chi connectivity index (χ0) is 12.1. The maximum atomic E-state index is 5.76. The van der Waals surface area contributed by atoms with Crippen molar-refractivity contribution < 1.29 is 4.74 Å². The predicted molar refractivity (Wildman–Crippen MR) is 71.6 cm³/mol. The van der Waals surface area contributed by atoms with Crippen molar-refractivity contribution in [3.05, 3.63) is 41.4 Å². The minimum atomic E-state index is 0.191. The standard InChI is InChI=1S/C13H16N2OS/c1-10(2)16-12-6-4-3-5-11(12)9-15-13-14-7-8-17-13/h3-8,10H,9H2,1-2H3,(H,14,15). The second-order valence-corrected chi connectivity index (χ2v) is 4.86. The summed E-state index contributed by atoms with van der Waals surface area (Å²) in [5.41, 5.74) is 1.15. The second-order valence-electron chi connectivity index (χ2n) is 3.97. The third-order valence-electron chi connectivity index (χ3n) is 2.20. The normalized spacial score (nSPS) is 10.5. The number of para-hydroxylation sites is 1. The summed E-state index contributed by atoms with van der Waals surface area (Å²) >= 11 is 1.60. The van der Waals surface area contributed by atoms with E-state index in [-0.39, 0.29) is 6.10 Å². The highest BCUT2D eigenvalue weighted by atomic mass is 32.1. The van der Waals surface area contributed by atoms with Gasteiger partial charge in [-0.05, 0) is 19.9 Å². The summed E-state index contributed by atoms with van der Waals surface area (Å²) in [6.07, 6.45) is 1.99. The molecule has 90 valence electrons. The van der Waals surface area contributed by atoms with Crippen LogP contribution in [0.25, 0.3) is 0 Å². The molecule has 0 unspecified atom stereocenters. The molecule has 0 aliphatic heterocycles. The Balaban J connectivity index is 2.04. The van der Waals surface area contributed by atoms with Gasteiger partial charge in [-0.3, -0.25) is 0 Å². The molecule has 2 rings (SSSR count). The van der Waals surface area contributed by atoms with Crippen molar-refractivity contribution in [3.63, 3.8) is 0 Å². The van der Waals surface area contributed by atoms with E-state index >= 15 is 0 Å². The van der Waals surface area contributed by atoms with Gasteiger partial charge in [0.1, 0.15) is 5.75 Å². The third-order valence-corrected chi connectivity index (χ3v) is 2.93. The lowest BCUT2D eigenvalue weighted by molar-refractivity contribution is 0.240. The SMILES string of the molecule is CC(C)Oc1ccccc1CNc1nccs1. The van der Waals surface area contributed by atoms with Crippen LogP contribution in [0.2, 0.25) is 0 Å². The fourth-order valence-electron chi connectivity index (χ4n) is 1.50. The van der Waals surface area contributed by atoms with E-state index in [1.165, 1.54) is 0 Å². The number of hydrogen-bond donors (Lipinski definition) is 1. The molecule has 17 heavy (non-hydrogen) atoms. The minimum Gasteiger partial charge on any atom is -0.491 e. The van der Waals surface area contributed by atoms with Gasteiger partial charge in [-0.15, -0.1) is 11.3 Å². The fraction of sp³-hybridized carbons (Fsp3) is 0.308. The Morgan fingerprint density at radius 1 is 1.35 bits per heavy atom. The monoisotopic (exact) mass is 248 g/mol. The van der Waals surface area contributed by atoms with Crippen molar-refractivity contribution in [2.75, 3.05) is 5.32 Å². The molecule has 3 nitrogen and oxygen atoms in total. The van der Waals surface area contributed by atoms with E-state index < -0.39 is 0 Å². The molecule has 2 aromatic rings. The van der Waals surface area contributed by atoms with Gasteiger partial charge in [0.15, 0.2) is 5.13 Å². The third kappa shape index (κ3) is 3.46. The molecule has 0 spiro atoms.